The van der Waals surface area contributed by atoms with Gasteiger partial charge in [0.05, 0.1) is 16.4 Å². The second-order valence-corrected chi connectivity index (χ2v) is 5.56. The molecule has 0 saturated heterocycles. The summed E-state index contributed by atoms with van der Waals surface area (Å²) in [6, 6.07) is 4.69. The van der Waals surface area contributed by atoms with E-state index in [0.29, 0.717) is 21.4 Å². The molecule has 0 fully saturated rings. The maximum atomic E-state index is 13.7. The molecule has 0 aliphatic heterocycles. The first-order valence-electron chi connectivity index (χ1n) is 5.91. The Balaban J connectivity index is 2.16. The summed E-state index contributed by atoms with van der Waals surface area (Å²) in [6.07, 6.45) is 0.785. The van der Waals surface area contributed by atoms with E-state index < -0.39 is 0 Å². The second kappa shape index (κ2) is 5.84. The minimum atomic E-state index is -0.306. The molecule has 0 aliphatic rings. The van der Waals surface area contributed by atoms with E-state index >= 15 is 0 Å². The van der Waals surface area contributed by atoms with Gasteiger partial charge in [-0.05, 0) is 24.6 Å². The summed E-state index contributed by atoms with van der Waals surface area (Å²) in [5.41, 5.74) is 7.72. The van der Waals surface area contributed by atoms with Crippen molar-refractivity contribution >= 4 is 29.1 Å². The summed E-state index contributed by atoms with van der Waals surface area (Å²) in [4.78, 5) is 0.560. The van der Waals surface area contributed by atoms with Crippen molar-refractivity contribution in [2.75, 3.05) is 5.73 Å². The van der Waals surface area contributed by atoms with Gasteiger partial charge in [-0.2, -0.15) is 5.10 Å². The molecule has 1 aromatic heterocycles. The lowest BCUT2D eigenvalue weighted by atomic mass is 10.3. The largest absolute Gasteiger partial charge is 0.399 e. The second-order valence-electron chi connectivity index (χ2n) is 4.16. The molecule has 102 valence electrons. The van der Waals surface area contributed by atoms with Gasteiger partial charge in [-0.15, -0.1) is 11.8 Å². The molecule has 2 N–H and O–H groups in total. The maximum Gasteiger partial charge on any atom is 0.138 e. The molecular weight excluding hydrogens is 285 g/mol. The zero-order valence-electron chi connectivity index (χ0n) is 10.8. The average molecular weight is 300 g/mol. The van der Waals surface area contributed by atoms with Gasteiger partial charge in [0, 0.05) is 23.4 Å². The summed E-state index contributed by atoms with van der Waals surface area (Å²) in [5.74, 6) is 0.266. The Bertz CT molecular complexity index is 598. The molecule has 0 aliphatic carbocycles. The molecule has 0 saturated carbocycles. The number of hydrogen-bond donors (Lipinski definition) is 1. The van der Waals surface area contributed by atoms with Crippen molar-refractivity contribution in [3.8, 4) is 0 Å². The molecule has 0 radical (unpaired) electrons. The fourth-order valence-corrected chi connectivity index (χ4v) is 3.18. The van der Waals surface area contributed by atoms with Crippen LogP contribution in [0.25, 0.3) is 0 Å². The van der Waals surface area contributed by atoms with Crippen molar-refractivity contribution in [1.82, 2.24) is 9.78 Å². The van der Waals surface area contributed by atoms with Crippen LogP contribution in [0.15, 0.2) is 23.1 Å². The summed E-state index contributed by atoms with van der Waals surface area (Å²) >= 11 is 7.64. The highest BCUT2D eigenvalue weighted by Crippen LogP contribution is 2.30. The smallest absolute Gasteiger partial charge is 0.138 e. The molecule has 0 unspecified atom stereocenters. The first kappa shape index (κ1) is 14.2. The maximum absolute atomic E-state index is 13.7. The van der Waals surface area contributed by atoms with E-state index in [1.54, 1.807) is 16.8 Å². The SMILES string of the molecule is CCc1nn(C)c(CSc2ccc(N)cc2F)c1Cl. The average Bonchev–Trinajstić information content (AvgIpc) is 2.64. The highest BCUT2D eigenvalue weighted by molar-refractivity contribution is 7.98. The van der Waals surface area contributed by atoms with Gasteiger partial charge in [0.15, 0.2) is 0 Å². The molecule has 0 atom stereocenters. The van der Waals surface area contributed by atoms with Crippen molar-refractivity contribution in [2.24, 2.45) is 7.05 Å². The van der Waals surface area contributed by atoms with Crippen LogP contribution in [0.5, 0.6) is 0 Å². The lowest BCUT2D eigenvalue weighted by Gasteiger charge is -2.05. The van der Waals surface area contributed by atoms with Crippen molar-refractivity contribution in [1.29, 1.82) is 0 Å². The molecule has 0 spiro atoms. The van der Waals surface area contributed by atoms with Crippen molar-refractivity contribution in [3.05, 3.63) is 40.4 Å². The van der Waals surface area contributed by atoms with Crippen LogP contribution in [0.4, 0.5) is 10.1 Å². The molecular formula is C13H15ClFN3S. The van der Waals surface area contributed by atoms with Gasteiger partial charge < -0.3 is 5.73 Å². The van der Waals surface area contributed by atoms with E-state index in [2.05, 4.69) is 5.10 Å². The van der Waals surface area contributed by atoms with Gasteiger partial charge in [0.1, 0.15) is 5.82 Å². The Morgan fingerprint density at radius 3 is 2.79 bits per heavy atom. The van der Waals surface area contributed by atoms with E-state index in [0.717, 1.165) is 17.8 Å². The Morgan fingerprint density at radius 1 is 1.47 bits per heavy atom. The van der Waals surface area contributed by atoms with Gasteiger partial charge >= 0.3 is 0 Å². The van der Waals surface area contributed by atoms with Gasteiger partial charge in [-0.25, -0.2) is 4.39 Å². The molecule has 1 heterocycles. The number of aromatic nitrogens is 2. The van der Waals surface area contributed by atoms with Crippen LogP contribution < -0.4 is 5.73 Å². The normalized spacial score (nSPS) is 10.9. The molecule has 6 heteroatoms. The molecule has 2 aromatic rings. The molecule has 1 aromatic carbocycles. The summed E-state index contributed by atoms with van der Waals surface area (Å²) in [6.45, 7) is 2.00. The van der Waals surface area contributed by atoms with Gasteiger partial charge in [0.25, 0.3) is 0 Å². The Kier molecular flexibility index (Phi) is 4.37. The number of nitrogens with two attached hydrogens (primary N) is 1. The molecule has 19 heavy (non-hydrogen) atoms. The fourth-order valence-electron chi connectivity index (χ4n) is 1.76. The predicted octanol–water partition coefficient (Wildman–Crippen LogP) is 3.65. The Hall–Kier alpha value is -1.20. The minimum Gasteiger partial charge on any atom is -0.399 e. The standard InChI is InChI=1S/C13H15ClFN3S/c1-3-10-13(14)11(18(2)17-10)7-19-12-5-4-8(16)6-9(12)15/h4-6H,3,7,16H2,1-2H3. The molecule has 0 amide bonds. The van der Waals surface area contributed by atoms with E-state index in [9.17, 15) is 4.39 Å². The molecule has 0 bridgehead atoms. The van der Waals surface area contributed by atoms with Crippen LogP contribution in [0, 0.1) is 5.82 Å². The van der Waals surface area contributed by atoms with Gasteiger partial charge in [-0.1, -0.05) is 18.5 Å². The van der Waals surface area contributed by atoms with Crippen molar-refractivity contribution in [3.63, 3.8) is 0 Å². The van der Waals surface area contributed by atoms with Crippen LogP contribution in [-0.2, 0) is 19.2 Å². The minimum absolute atomic E-state index is 0.306. The van der Waals surface area contributed by atoms with Crippen LogP contribution in [0.1, 0.15) is 18.3 Å². The van der Waals surface area contributed by atoms with E-state index in [-0.39, 0.29) is 5.82 Å². The third-order valence-corrected chi connectivity index (χ3v) is 4.32. The number of hydrogen-bond acceptors (Lipinski definition) is 3. The third kappa shape index (κ3) is 3.04. The first-order chi connectivity index (χ1) is 9.02. The molecule has 2 rings (SSSR count). The topological polar surface area (TPSA) is 43.8 Å². The zero-order chi connectivity index (χ0) is 14.0. The van der Waals surface area contributed by atoms with Crippen LogP contribution in [-0.4, -0.2) is 9.78 Å². The number of nitrogen functional groups attached to an aromatic ring is 1. The zero-order valence-corrected chi connectivity index (χ0v) is 12.4. The van der Waals surface area contributed by atoms with Crippen LogP contribution in [0.2, 0.25) is 5.02 Å². The Morgan fingerprint density at radius 2 is 2.21 bits per heavy atom. The van der Waals surface area contributed by atoms with E-state index in [1.165, 1.54) is 17.8 Å². The highest BCUT2D eigenvalue weighted by Gasteiger charge is 2.14. The number of nitrogens with zero attached hydrogens (tertiary/aromatic N) is 2. The van der Waals surface area contributed by atoms with E-state index in [1.807, 2.05) is 14.0 Å². The Labute approximate surface area is 120 Å². The number of aryl methyl sites for hydroxylation is 2. The highest BCUT2D eigenvalue weighted by atomic mass is 35.5. The van der Waals surface area contributed by atoms with Gasteiger partial charge in [-0.3, -0.25) is 4.68 Å². The third-order valence-electron chi connectivity index (χ3n) is 2.82. The van der Waals surface area contributed by atoms with Crippen LogP contribution >= 0.6 is 23.4 Å². The summed E-state index contributed by atoms with van der Waals surface area (Å²) in [7, 11) is 1.85. The number of rotatable bonds is 4. The molecule has 3 nitrogen and oxygen atoms in total. The summed E-state index contributed by atoms with van der Waals surface area (Å²) < 4.78 is 15.4. The fraction of sp³-hybridized carbons (Fsp3) is 0.308. The number of benzene rings is 1. The lowest BCUT2D eigenvalue weighted by Crippen LogP contribution is -1.97. The lowest BCUT2D eigenvalue weighted by molar-refractivity contribution is 0.602. The number of halogens is 2. The monoisotopic (exact) mass is 299 g/mol. The van der Waals surface area contributed by atoms with E-state index in [4.69, 9.17) is 17.3 Å². The predicted molar refractivity (Wildman–Crippen MR) is 78.0 cm³/mol. The summed E-state index contributed by atoms with van der Waals surface area (Å²) in [5, 5.41) is 5.01. The number of thioether (sulfide) groups is 1. The van der Waals surface area contributed by atoms with Crippen LogP contribution in [0.3, 0.4) is 0 Å². The van der Waals surface area contributed by atoms with Crippen molar-refractivity contribution < 1.29 is 4.39 Å². The van der Waals surface area contributed by atoms with Gasteiger partial charge in [0.2, 0.25) is 0 Å². The quantitative estimate of drug-likeness (QED) is 0.692. The first-order valence-corrected chi connectivity index (χ1v) is 7.27. The van der Waals surface area contributed by atoms with Crippen molar-refractivity contribution in [2.45, 2.75) is 24.0 Å². The number of anilines is 1.